The second kappa shape index (κ2) is 31.1. The number of rotatable bonds is 28. The Balaban J connectivity index is 0.000000315. The summed E-state index contributed by atoms with van der Waals surface area (Å²) in [5.41, 5.74) is 3.51. The molecule has 2 amide bonds. The highest BCUT2D eigenvalue weighted by Crippen LogP contribution is 2.47. The number of aliphatic hydroxyl groups is 1. The molecular weight excluding hydrogens is 1070 g/mol. The van der Waals surface area contributed by atoms with Crippen LogP contribution in [-0.4, -0.2) is 158 Å². The van der Waals surface area contributed by atoms with E-state index in [1.54, 1.807) is 0 Å². The normalized spacial score (nSPS) is 24.5. The summed E-state index contributed by atoms with van der Waals surface area (Å²) in [7, 11) is 0. The van der Waals surface area contributed by atoms with Crippen LogP contribution in [0.5, 0.6) is 0 Å². The molecule has 14 heteroatoms. The number of carbonyl (C=O) groups excluding carboxylic acids is 2. The first-order valence-electron chi connectivity index (χ1n) is 35.3. The molecule has 86 heavy (non-hydrogen) atoms. The SMILES string of the molecule is CC1(C)CC(N(C=O)CCCCCCN(C=O)C2CC(C)(C)NC(C)(C)C2)CC(C)(C)N1.CCCCN(c1cc(NCCO)cc(N(CCCC)C2CC(C)(C)N(OC3CCCCC3)C(C)(C)C2)c1)C1CC(C)(C)N(OC2CCCCC2)C(C)(C)C1. The maximum atomic E-state index is 11.8. The van der Waals surface area contributed by atoms with Gasteiger partial charge in [0.2, 0.25) is 12.8 Å². The Morgan fingerprint density at radius 2 is 0.814 bits per heavy atom. The zero-order valence-electron chi connectivity index (χ0n) is 58.7. The van der Waals surface area contributed by atoms with Gasteiger partial charge in [0, 0.05) is 118 Å². The van der Waals surface area contributed by atoms with E-state index in [1.165, 1.54) is 75.6 Å². The lowest BCUT2D eigenvalue weighted by Gasteiger charge is -2.57. The molecule has 4 N–H and O–H groups in total. The van der Waals surface area contributed by atoms with Gasteiger partial charge in [-0.2, -0.15) is 10.1 Å². The molecule has 0 unspecified atom stereocenters. The predicted molar refractivity (Wildman–Crippen MR) is 361 cm³/mol. The van der Waals surface area contributed by atoms with Crippen molar-refractivity contribution in [2.24, 2.45) is 0 Å². The fourth-order valence-corrected chi connectivity index (χ4v) is 17.6. The van der Waals surface area contributed by atoms with Gasteiger partial charge in [-0.3, -0.25) is 19.3 Å². The van der Waals surface area contributed by atoms with Crippen molar-refractivity contribution in [3.05, 3.63) is 18.2 Å². The fourth-order valence-electron chi connectivity index (χ4n) is 17.6. The van der Waals surface area contributed by atoms with E-state index < -0.39 is 0 Å². The van der Waals surface area contributed by atoms with Crippen LogP contribution in [0.2, 0.25) is 0 Å². The van der Waals surface area contributed by atoms with Gasteiger partial charge >= 0.3 is 0 Å². The van der Waals surface area contributed by atoms with Gasteiger partial charge in [-0.25, -0.2) is 0 Å². The van der Waals surface area contributed by atoms with Crippen molar-refractivity contribution in [1.29, 1.82) is 0 Å². The summed E-state index contributed by atoms with van der Waals surface area (Å²) in [5.74, 6) is 0. The zero-order valence-corrected chi connectivity index (χ0v) is 58.7. The summed E-state index contributed by atoms with van der Waals surface area (Å²) in [5, 5.41) is 25.8. The molecular formula is C72H133N9O5. The van der Waals surface area contributed by atoms with Crippen LogP contribution in [0.25, 0.3) is 0 Å². The van der Waals surface area contributed by atoms with E-state index in [-0.39, 0.29) is 50.9 Å². The zero-order chi connectivity index (χ0) is 63.4. The number of carbonyl (C=O) groups is 2. The van der Waals surface area contributed by atoms with Crippen LogP contribution >= 0.6 is 0 Å². The monoisotopic (exact) mass is 1200 g/mol. The molecule has 14 nitrogen and oxygen atoms in total. The summed E-state index contributed by atoms with van der Waals surface area (Å²) in [6.07, 6.45) is 32.4. The second-order valence-electron chi connectivity index (χ2n) is 33.2. The highest BCUT2D eigenvalue weighted by molar-refractivity contribution is 5.70. The lowest BCUT2D eigenvalue weighted by molar-refractivity contribution is -0.310. The number of hydrogen-bond acceptors (Lipinski definition) is 12. The molecule has 6 aliphatic rings. The highest BCUT2D eigenvalue weighted by atomic mass is 16.7. The average molecular weight is 1200 g/mol. The molecule has 496 valence electrons. The Morgan fingerprint density at radius 3 is 1.12 bits per heavy atom. The van der Waals surface area contributed by atoms with Gasteiger partial charge in [0.05, 0.1) is 18.8 Å². The van der Waals surface area contributed by atoms with E-state index in [0.29, 0.717) is 42.9 Å². The van der Waals surface area contributed by atoms with Gasteiger partial charge in [0.15, 0.2) is 0 Å². The number of nitrogens with zero attached hydrogens (tertiary/aromatic N) is 6. The van der Waals surface area contributed by atoms with E-state index in [2.05, 4.69) is 179 Å². The smallest absolute Gasteiger partial charge is 0.209 e. The van der Waals surface area contributed by atoms with Crippen LogP contribution in [0.4, 0.5) is 17.1 Å². The van der Waals surface area contributed by atoms with Crippen molar-refractivity contribution in [1.82, 2.24) is 30.6 Å². The number of unbranched alkanes of at least 4 members (excludes halogenated alkanes) is 5. The van der Waals surface area contributed by atoms with Crippen molar-refractivity contribution in [3.63, 3.8) is 0 Å². The molecule has 0 atom stereocenters. The largest absolute Gasteiger partial charge is 0.395 e. The van der Waals surface area contributed by atoms with Gasteiger partial charge in [-0.15, -0.1) is 0 Å². The van der Waals surface area contributed by atoms with Crippen LogP contribution in [0.3, 0.4) is 0 Å². The minimum atomic E-state index is -0.0953. The molecule has 1 aromatic rings. The lowest BCUT2D eigenvalue weighted by Crippen LogP contribution is -2.65. The Hall–Kier alpha value is -2.72. The average Bonchev–Trinajstić information content (AvgIpc) is 2.34. The van der Waals surface area contributed by atoms with E-state index in [4.69, 9.17) is 9.68 Å². The first-order chi connectivity index (χ1) is 40.3. The Morgan fingerprint density at radius 1 is 0.477 bits per heavy atom. The summed E-state index contributed by atoms with van der Waals surface area (Å²) in [4.78, 5) is 47.1. The number of benzene rings is 1. The predicted octanol–water partition coefficient (Wildman–Crippen LogP) is 15.0. The van der Waals surface area contributed by atoms with E-state index in [0.717, 1.165) is 147 Å². The molecule has 4 aliphatic heterocycles. The molecule has 4 heterocycles. The van der Waals surface area contributed by atoms with Gasteiger partial charge in [-0.1, -0.05) is 78.1 Å². The van der Waals surface area contributed by atoms with E-state index >= 15 is 0 Å². The van der Waals surface area contributed by atoms with Crippen LogP contribution in [-0.2, 0) is 19.3 Å². The van der Waals surface area contributed by atoms with Crippen molar-refractivity contribution in [2.45, 2.75) is 372 Å². The minimum Gasteiger partial charge on any atom is -0.395 e. The van der Waals surface area contributed by atoms with Crippen LogP contribution < -0.4 is 25.8 Å². The first kappa shape index (κ1) is 72.3. The van der Waals surface area contributed by atoms with Crippen molar-refractivity contribution in [2.75, 3.05) is 54.4 Å². The first-order valence-corrected chi connectivity index (χ1v) is 35.3. The molecule has 1 aromatic carbocycles. The molecule has 4 saturated heterocycles. The van der Waals surface area contributed by atoms with Gasteiger partial charge in [-0.05, 0) is 232 Å². The molecule has 0 aromatic heterocycles. The maximum absolute atomic E-state index is 11.8. The summed E-state index contributed by atoms with van der Waals surface area (Å²) < 4.78 is 0. The van der Waals surface area contributed by atoms with Gasteiger partial charge in [0.1, 0.15) is 0 Å². The topological polar surface area (TPSA) is 128 Å². The van der Waals surface area contributed by atoms with Crippen LogP contribution in [0, 0.1) is 0 Å². The molecule has 0 radical (unpaired) electrons. The summed E-state index contributed by atoms with van der Waals surface area (Å²) in [6, 6.07) is 8.63. The third kappa shape index (κ3) is 20.9. The molecule has 7 rings (SSSR count). The molecule has 0 spiro atoms. The Kier molecular flexibility index (Phi) is 26.1. The third-order valence-electron chi connectivity index (χ3n) is 20.3. The maximum Gasteiger partial charge on any atom is 0.209 e. The highest BCUT2D eigenvalue weighted by Gasteiger charge is 2.51. The number of aliphatic hydroxyl groups excluding tert-OH is 1. The Labute approximate surface area is 527 Å². The number of hydrogen-bond donors (Lipinski definition) is 4. The van der Waals surface area contributed by atoms with Crippen molar-refractivity contribution < 1.29 is 24.4 Å². The number of piperidine rings is 4. The van der Waals surface area contributed by atoms with Crippen molar-refractivity contribution >= 4 is 29.9 Å². The number of nitrogens with one attached hydrogen (secondary N) is 3. The minimum absolute atomic E-state index is 0.0454. The quantitative estimate of drug-likeness (QED) is 0.0471. The number of amides is 2. The van der Waals surface area contributed by atoms with Crippen LogP contribution in [0.15, 0.2) is 18.2 Å². The molecule has 2 aliphatic carbocycles. The number of anilines is 3. The molecule has 2 saturated carbocycles. The van der Waals surface area contributed by atoms with E-state index in [1.807, 2.05) is 9.80 Å². The molecule has 0 bridgehead atoms. The molecule has 6 fully saturated rings. The lowest BCUT2D eigenvalue weighted by atomic mass is 9.77. The van der Waals surface area contributed by atoms with Crippen LogP contribution in [0.1, 0.15) is 292 Å². The fraction of sp³-hybridized carbons (Fsp3) is 0.889. The second-order valence-corrected chi connectivity index (χ2v) is 33.2. The van der Waals surface area contributed by atoms with E-state index in [9.17, 15) is 14.7 Å². The van der Waals surface area contributed by atoms with Gasteiger partial charge in [0.25, 0.3) is 0 Å². The number of hydroxylamine groups is 4. The van der Waals surface area contributed by atoms with Crippen molar-refractivity contribution in [3.8, 4) is 0 Å². The van der Waals surface area contributed by atoms with Gasteiger partial charge < -0.3 is 40.7 Å². The Bertz CT molecular complexity index is 1990. The summed E-state index contributed by atoms with van der Waals surface area (Å²) >= 11 is 0. The summed E-state index contributed by atoms with van der Waals surface area (Å²) in [6.45, 7) is 46.1. The standard InChI is InChI=1S/C46H83N5O3.C26H50N4O2/c1-11-13-26-48(39-32-43(3,4)50(44(5,6)33-39)53-41-21-17-15-18-22-41)37-29-36(47-25-28-52)30-38(31-37)49(27-14-12-2)40-34-45(7,8)51(46(9,10)35-40)54-42-23-19-16-20-24-42;1-23(2)15-21(16-24(3,4)27-23)29(19-31)13-11-9-10-12-14-30(20-32)22-17-25(5,6)28-26(7,8)18-22/h29-31,39-42,47,52H,11-28,32-35H2,1-10H3;19-22,27-28H,9-18H2,1-8H3. The third-order valence-corrected chi connectivity index (χ3v) is 20.3.